The number of rotatable bonds is 4. The Morgan fingerprint density at radius 3 is 3.00 bits per heavy atom. The van der Waals surface area contributed by atoms with E-state index in [1.165, 1.54) is 6.26 Å². The number of carbonyl (C=O) groups is 1. The van der Waals surface area contributed by atoms with E-state index in [1.807, 2.05) is 30.3 Å². The average molecular weight is 427 g/mol. The molecule has 0 spiro atoms. The zero-order valence-corrected chi connectivity index (χ0v) is 16.4. The van der Waals surface area contributed by atoms with Crippen molar-refractivity contribution in [3.63, 3.8) is 0 Å². The zero-order chi connectivity index (χ0) is 20.9. The molecule has 1 N–H and O–H groups in total. The third-order valence-electron chi connectivity index (χ3n) is 4.37. The molecule has 0 saturated carbocycles. The first-order valence-corrected chi connectivity index (χ1v) is 9.45. The van der Waals surface area contributed by atoms with Crippen molar-refractivity contribution in [1.29, 1.82) is 0 Å². The van der Waals surface area contributed by atoms with Crippen LogP contribution in [0.2, 0.25) is 5.28 Å². The van der Waals surface area contributed by atoms with Crippen LogP contribution in [0.1, 0.15) is 18.4 Å². The van der Waals surface area contributed by atoms with Crippen LogP contribution in [0.25, 0.3) is 0 Å². The maximum Gasteiger partial charge on any atom is 0.411 e. The minimum absolute atomic E-state index is 0.0885. The van der Waals surface area contributed by atoms with Gasteiger partial charge in [-0.15, -0.1) is 0 Å². The molecule has 0 saturated heterocycles. The van der Waals surface area contributed by atoms with Crippen LogP contribution in [-0.2, 0) is 16.1 Å². The number of hydrogen-bond donors (Lipinski definition) is 1. The van der Waals surface area contributed by atoms with Crippen molar-refractivity contribution in [2.24, 2.45) is 4.99 Å². The number of alkyl carbamates (subject to hydrolysis) is 1. The van der Waals surface area contributed by atoms with Crippen molar-refractivity contribution >= 4 is 29.2 Å². The van der Waals surface area contributed by atoms with Crippen LogP contribution in [0, 0.1) is 5.82 Å². The summed E-state index contributed by atoms with van der Waals surface area (Å²) in [6.07, 6.45) is 6.07. The molecule has 1 aliphatic carbocycles. The molecule has 0 bridgehead atoms. The zero-order valence-electron chi connectivity index (χ0n) is 15.6. The van der Waals surface area contributed by atoms with E-state index in [9.17, 15) is 9.18 Å². The van der Waals surface area contributed by atoms with Gasteiger partial charge in [0.25, 0.3) is 0 Å². The van der Waals surface area contributed by atoms with Gasteiger partial charge in [0.15, 0.2) is 11.6 Å². The molecule has 1 aromatic carbocycles. The lowest BCUT2D eigenvalue weighted by Crippen LogP contribution is -2.27. The fraction of sp³-hybridized carbons (Fsp3) is 0.143. The van der Waals surface area contributed by atoms with E-state index in [0.717, 1.165) is 11.8 Å². The number of halogens is 2. The lowest BCUT2D eigenvalue weighted by molar-refractivity contribution is 0.142. The molecular weight excluding hydrogens is 411 g/mol. The van der Waals surface area contributed by atoms with Crippen LogP contribution < -0.4 is 5.32 Å². The second kappa shape index (κ2) is 8.87. The molecule has 0 atom stereocenters. The number of amides is 1. The normalized spacial score (nSPS) is 16.6. The van der Waals surface area contributed by atoms with Crippen molar-refractivity contribution in [1.82, 2.24) is 15.3 Å². The van der Waals surface area contributed by atoms with E-state index in [4.69, 9.17) is 21.1 Å². The fourth-order valence-electron chi connectivity index (χ4n) is 2.96. The van der Waals surface area contributed by atoms with Gasteiger partial charge in [0.2, 0.25) is 5.28 Å². The van der Waals surface area contributed by atoms with Gasteiger partial charge >= 0.3 is 6.09 Å². The maximum atomic E-state index is 13.9. The Morgan fingerprint density at radius 1 is 1.33 bits per heavy atom. The molecule has 30 heavy (non-hydrogen) atoms. The van der Waals surface area contributed by atoms with Gasteiger partial charge in [-0.05, 0) is 29.3 Å². The number of hydrogen-bond acceptors (Lipinski definition) is 6. The third-order valence-corrected chi connectivity index (χ3v) is 4.55. The van der Waals surface area contributed by atoms with Crippen molar-refractivity contribution in [2.45, 2.75) is 19.4 Å². The Bertz CT molecular complexity index is 1100. The first-order chi connectivity index (χ1) is 14.6. The summed E-state index contributed by atoms with van der Waals surface area (Å²) in [6, 6.07) is 9.37. The molecule has 2 aromatic rings. The molecule has 4 rings (SSSR count). The molecule has 2 heterocycles. The van der Waals surface area contributed by atoms with Crippen LogP contribution in [0.5, 0.6) is 0 Å². The highest BCUT2D eigenvalue weighted by atomic mass is 35.5. The number of aliphatic imine (C=N–C) groups is 1. The molecule has 0 fully saturated rings. The van der Waals surface area contributed by atoms with E-state index in [0.29, 0.717) is 35.6 Å². The second-order valence-corrected chi connectivity index (χ2v) is 6.78. The Kier molecular flexibility index (Phi) is 5.85. The van der Waals surface area contributed by atoms with Gasteiger partial charge in [-0.2, -0.15) is 4.98 Å². The first kappa shape index (κ1) is 19.8. The number of nitrogens with zero attached hydrogens (tertiary/aromatic N) is 3. The molecule has 7 nitrogen and oxygen atoms in total. The quantitative estimate of drug-likeness (QED) is 0.713. The van der Waals surface area contributed by atoms with Crippen molar-refractivity contribution < 1.29 is 18.7 Å². The Hall–Kier alpha value is -3.52. The number of benzene rings is 1. The van der Waals surface area contributed by atoms with Gasteiger partial charge < -0.3 is 9.47 Å². The Morgan fingerprint density at radius 2 is 2.17 bits per heavy atom. The topological polar surface area (TPSA) is 85.7 Å². The lowest BCUT2D eigenvalue weighted by atomic mass is 9.95. The minimum Gasteiger partial charge on any atom is -0.465 e. The predicted octanol–water partition coefficient (Wildman–Crippen LogP) is 4.74. The smallest absolute Gasteiger partial charge is 0.411 e. The van der Waals surface area contributed by atoms with Gasteiger partial charge in [-0.25, -0.2) is 19.2 Å². The van der Waals surface area contributed by atoms with Gasteiger partial charge in [-0.1, -0.05) is 30.3 Å². The number of ether oxygens (including phenoxy) is 2. The van der Waals surface area contributed by atoms with Crippen molar-refractivity contribution in [2.75, 3.05) is 0 Å². The van der Waals surface area contributed by atoms with Crippen molar-refractivity contribution in [3.8, 4) is 0 Å². The Labute approximate surface area is 176 Å². The summed E-state index contributed by atoms with van der Waals surface area (Å²) >= 11 is 5.73. The molecular formula is C21H16ClFN4O3. The van der Waals surface area contributed by atoms with Gasteiger partial charge in [0.1, 0.15) is 12.4 Å². The summed E-state index contributed by atoms with van der Waals surface area (Å²) in [6.45, 7) is 0.151. The molecule has 9 heteroatoms. The summed E-state index contributed by atoms with van der Waals surface area (Å²) in [5.41, 5.74) is 2.75. The van der Waals surface area contributed by atoms with E-state index in [-0.39, 0.29) is 17.7 Å². The van der Waals surface area contributed by atoms with Gasteiger partial charge in [0, 0.05) is 24.1 Å². The summed E-state index contributed by atoms with van der Waals surface area (Å²) in [5.74, 6) is -0.194. The summed E-state index contributed by atoms with van der Waals surface area (Å²) in [7, 11) is 0. The predicted molar refractivity (Wildman–Crippen MR) is 108 cm³/mol. The summed E-state index contributed by atoms with van der Waals surface area (Å²) < 4.78 is 24.7. The number of allylic oxidation sites excluding steroid dienone is 3. The standard InChI is InChI=1S/C21H16ClFN4O3/c22-20-24-11-16(23)19(27-20)25-14-6-7-18-15(10-14)17(8-9-29-18)26-21(28)30-12-13-4-2-1-3-5-13/h1-5,7-9,11H,6,10,12H2,(H,26,28). The first-order valence-electron chi connectivity index (χ1n) is 9.07. The van der Waals surface area contributed by atoms with Crippen LogP contribution in [0.3, 0.4) is 0 Å². The molecule has 1 aliphatic heterocycles. The molecule has 0 radical (unpaired) electrons. The number of carbonyl (C=O) groups excluding carboxylic acids is 1. The van der Waals surface area contributed by atoms with E-state index in [2.05, 4.69) is 20.3 Å². The SMILES string of the molecule is O=C(NC1=C2CC(=Nc3nc(Cl)ncc3F)CC=C2OC=C1)OCc1ccccc1. The fourth-order valence-corrected chi connectivity index (χ4v) is 3.09. The lowest BCUT2D eigenvalue weighted by Gasteiger charge is -2.23. The number of fused-ring (bicyclic) bond motifs is 1. The van der Waals surface area contributed by atoms with Crippen LogP contribution >= 0.6 is 11.6 Å². The molecule has 2 aliphatic rings. The van der Waals surface area contributed by atoms with Crippen LogP contribution in [-0.4, -0.2) is 21.8 Å². The minimum atomic E-state index is -0.668. The number of aromatic nitrogens is 2. The van der Waals surface area contributed by atoms with Crippen LogP contribution in [0.15, 0.2) is 77.0 Å². The van der Waals surface area contributed by atoms with Gasteiger partial charge in [-0.3, -0.25) is 5.32 Å². The molecule has 152 valence electrons. The maximum absolute atomic E-state index is 13.9. The van der Waals surface area contributed by atoms with E-state index in [1.54, 1.807) is 12.2 Å². The largest absolute Gasteiger partial charge is 0.465 e. The average Bonchev–Trinajstić information content (AvgIpc) is 2.76. The van der Waals surface area contributed by atoms with Crippen molar-refractivity contribution in [3.05, 3.63) is 88.6 Å². The highest BCUT2D eigenvalue weighted by Gasteiger charge is 2.23. The monoisotopic (exact) mass is 426 g/mol. The van der Waals surface area contributed by atoms with E-state index < -0.39 is 11.9 Å². The second-order valence-electron chi connectivity index (χ2n) is 6.44. The highest BCUT2D eigenvalue weighted by Crippen LogP contribution is 2.31. The molecule has 0 unspecified atom stereocenters. The summed E-state index contributed by atoms with van der Waals surface area (Å²) in [4.78, 5) is 23.9. The van der Waals surface area contributed by atoms with Crippen LogP contribution in [0.4, 0.5) is 15.0 Å². The summed E-state index contributed by atoms with van der Waals surface area (Å²) in [5, 5.41) is 2.64. The van der Waals surface area contributed by atoms with E-state index >= 15 is 0 Å². The highest BCUT2D eigenvalue weighted by molar-refractivity contribution is 6.28. The number of nitrogens with one attached hydrogen (secondary N) is 1. The third kappa shape index (κ3) is 4.72. The molecule has 1 amide bonds. The Balaban J connectivity index is 1.50. The molecule has 1 aromatic heterocycles. The van der Waals surface area contributed by atoms with Gasteiger partial charge in [0.05, 0.1) is 18.2 Å².